The van der Waals surface area contributed by atoms with Crippen LogP contribution in [0.1, 0.15) is 329 Å². The number of anilines is 6. The van der Waals surface area contributed by atoms with Crippen molar-refractivity contribution >= 4 is 93.3 Å². The number of H-pyrrole nitrogens is 1. The number of hydrogen-bond acceptors (Lipinski definition) is 17. The van der Waals surface area contributed by atoms with Gasteiger partial charge in [-0.1, -0.05) is 158 Å². The third kappa shape index (κ3) is 17.9. The highest BCUT2D eigenvalue weighted by Crippen LogP contribution is 2.66. The van der Waals surface area contributed by atoms with Crippen molar-refractivity contribution in [3.05, 3.63) is 194 Å². The molecule has 6 fully saturated rings. The molecule has 1 heterocycles. The second-order valence-corrected chi connectivity index (χ2v) is 48.1. The average Bonchev–Trinajstić information content (AvgIpc) is 0.934. The molecule has 21 atom stereocenters. The number of nitrogens with one attached hydrogen (secondary N) is 7. The van der Waals surface area contributed by atoms with Gasteiger partial charge < -0.3 is 60.4 Å². The van der Waals surface area contributed by atoms with Crippen molar-refractivity contribution < 1.29 is 53.1 Å². The Kier molecular flexibility index (Phi) is 27.4. The maximum atomic E-state index is 14.5. The smallest absolute Gasteiger partial charge is 0.303 e. The molecule has 141 heavy (non-hydrogen) atoms. The van der Waals surface area contributed by atoms with Crippen LogP contribution in [0.15, 0.2) is 122 Å². The van der Waals surface area contributed by atoms with Gasteiger partial charge in [-0.05, 0) is 375 Å². The van der Waals surface area contributed by atoms with Crippen molar-refractivity contribution in [2.45, 2.75) is 353 Å². The lowest BCUT2D eigenvalue weighted by molar-refractivity contribution is -0.151. The number of carboxylic acids is 1. The summed E-state index contributed by atoms with van der Waals surface area (Å²) in [5.74, 6) is -2.18. The SMILES string of the molecule is C[C@H](N)C(=O)Nc1ccc2c(c1)[C@@]1(C)CCC[C@](C)(C(=O)NC(=O)[C@@]3(C)CCC[C@]4(C)c5cc(N)ccc5CC[C@@H]34)[C@@H]1CC2.C[C@]1(C(=O)NC(=O)[C@@]2(C)CCC[C@]3(C)c4cc(NC(=O)[C@@H](N)CCC(=O)O)ccc4CC[C@@H]23)CCC[C@]2(C)c3cc(N)ccc3CC[C@@H]12.C[C@]1(C(=O)NC(=O)[C@@]2(C)CCC[C@]3(C)c4cc(NC(=O)[C@@H](N)Cc5cnc[nH]5)ccc4CC[C@@H]23)CCC[C@]2(C)c3cc(N)ccc3CC[C@@H]12. The second kappa shape index (κ2) is 38.0. The number of carboxylic acid groups (broad SMARTS) is 1. The predicted octanol–water partition coefficient (Wildman–Crippen LogP) is 17.5. The number of imidazole rings is 1. The first-order chi connectivity index (χ1) is 66.6. The van der Waals surface area contributed by atoms with Crippen LogP contribution in [0.5, 0.6) is 0 Å². The third-order valence-electron chi connectivity index (χ3n) is 39.6. The van der Waals surface area contributed by atoms with E-state index in [1.165, 1.54) is 61.2 Å². The Labute approximate surface area is 832 Å². The number of aromatic nitrogens is 2. The zero-order valence-corrected chi connectivity index (χ0v) is 85.5. The number of aromatic amines is 1. The minimum absolute atomic E-state index is 0.0109. The molecular weight excluding hydrogens is 1770 g/mol. The summed E-state index contributed by atoms with van der Waals surface area (Å²) in [6.45, 7) is 27.8. The van der Waals surface area contributed by atoms with Crippen molar-refractivity contribution in [1.82, 2.24) is 25.9 Å². The maximum absolute atomic E-state index is 14.5. The maximum Gasteiger partial charge on any atom is 0.303 e. The van der Waals surface area contributed by atoms with E-state index in [2.05, 4.69) is 179 Å². The molecule has 25 nitrogen and oxygen atoms in total. The molecule has 0 bridgehead atoms. The van der Waals surface area contributed by atoms with E-state index in [1.54, 1.807) is 19.4 Å². The van der Waals surface area contributed by atoms with Crippen LogP contribution in [0.4, 0.5) is 34.1 Å². The molecule has 6 aromatic carbocycles. The molecule has 12 aliphatic rings. The molecule has 7 aromatic rings. The summed E-state index contributed by atoms with van der Waals surface area (Å²) in [4.78, 5) is 143. The van der Waals surface area contributed by atoms with Crippen LogP contribution in [-0.2, 0) is 125 Å². The van der Waals surface area contributed by atoms with E-state index in [4.69, 9.17) is 39.5 Å². The highest BCUT2D eigenvalue weighted by Gasteiger charge is 2.64. The standard InChI is InChI=1S/C40H52N6O3.C39H52N4O5.C37H50N4O3/c1-37-15-5-17-39(3,32(37)13-9-24-7-11-26(41)19-29(24)37)35(48)46-36(49)40(4)18-6-16-38(2)30-20-27(12-8-25(30)10-14-33(38)40)45-34(47)31(42)21-28-22-43-23-44-28;1-36-17-5-19-38(3,30(36)14-9-23-7-11-25(40)21-27(23)36)34(47)43-35(48)39(4)20-6-18-37(2)28-22-26(12-8-24(28)10-15-31(37)39)42-33(46)29(41)13-16-32(44)45;1-22(38)31(42)40-26-13-9-24-11-15-30-35(3,28(24)21-26)17-7-19-37(30,5)33(44)41-32(43)36(4)18-6-16-34(2)27-20-25(39)12-8-23(27)10-14-29(34)36/h7-8,11-12,19-20,22-23,31-33H,5-6,9-10,13-18,21,41-42H2,1-4H3,(H,43,44)(H,45,47)(H,46,48,49);7-8,11-12,21-22,29-31H,5-6,9-10,13-20,40-41H2,1-4H3,(H,42,46)(H,44,45)(H,43,47,48);8-9,12-13,20-22,29-30H,6-7,10-11,14-19,38-39H2,1-5H3,(H,40,42)(H,41,43,44)/t31-,32+,33+,37+,38+,39-,40-;29-,30+,31+,36+,37+,38-,39-;22-,29+,30+,34+,35+,36-,37-/m000/s1. The molecule has 6 saturated carbocycles. The summed E-state index contributed by atoms with van der Waals surface area (Å²) in [5.41, 5.74) is 51.6. The van der Waals surface area contributed by atoms with E-state index < -0.39 is 62.5 Å². The number of carbonyl (C=O) groups is 10. The molecule has 12 aliphatic carbocycles. The first-order valence-electron chi connectivity index (χ1n) is 52.6. The fourth-order valence-electron chi connectivity index (χ4n) is 31.7. The molecule has 20 N–H and O–H groups in total. The number of amides is 9. The molecule has 1 aromatic heterocycles. The van der Waals surface area contributed by atoms with Crippen LogP contribution >= 0.6 is 0 Å². The number of aliphatic carboxylic acids is 1. The van der Waals surface area contributed by atoms with E-state index in [9.17, 15) is 47.9 Å². The zero-order valence-electron chi connectivity index (χ0n) is 85.5. The van der Waals surface area contributed by atoms with Gasteiger partial charge in [0.05, 0.1) is 56.9 Å². The van der Waals surface area contributed by atoms with Gasteiger partial charge in [-0.3, -0.25) is 63.9 Å². The van der Waals surface area contributed by atoms with Crippen molar-refractivity contribution in [3.63, 3.8) is 0 Å². The van der Waals surface area contributed by atoms with Gasteiger partial charge in [-0.2, -0.15) is 0 Å². The molecular formula is C116H154N14O11. The summed E-state index contributed by atoms with van der Waals surface area (Å²) in [6, 6.07) is 34.7. The third-order valence-corrected chi connectivity index (χ3v) is 39.6. The number of nitrogens with zero attached hydrogens (tertiary/aromatic N) is 1. The minimum Gasteiger partial charge on any atom is -0.481 e. The van der Waals surface area contributed by atoms with Gasteiger partial charge in [-0.15, -0.1) is 0 Å². The molecule has 0 unspecified atom stereocenters. The fourth-order valence-corrected chi connectivity index (χ4v) is 31.7. The summed E-state index contributed by atoms with van der Waals surface area (Å²) in [6.07, 6.45) is 29.9. The Hall–Kier alpha value is -10.9. The predicted molar refractivity (Wildman–Crippen MR) is 553 cm³/mol. The lowest BCUT2D eigenvalue weighted by atomic mass is 9.49. The van der Waals surface area contributed by atoms with Gasteiger partial charge in [0.25, 0.3) is 0 Å². The molecule has 754 valence electrons. The van der Waals surface area contributed by atoms with Crippen molar-refractivity contribution in [1.29, 1.82) is 0 Å². The molecule has 0 radical (unpaired) electrons. The summed E-state index contributed by atoms with van der Waals surface area (Å²) in [7, 11) is 0. The highest BCUT2D eigenvalue weighted by atomic mass is 16.4. The summed E-state index contributed by atoms with van der Waals surface area (Å²) in [5, 5.41) is 26.9. The fraction of sp³-hybridized carbons (Fsp3) is 0.578. The van der Waals surface area contributed by atoms with Crippen LogP contribution in [0.3, 0.4) is 0 Å². The number of rotatable bonds is 17. The Bertz CT molecular complexity index is 6110. The van der Waals surface area contributed by atoms with E-state index in [0.29, 0.717) is 24.2 Å². The molecule has 0 saturated heterocycles. The van der Waals surface area contributed by atoms with Gasteiger partial charge in [0.2, 0.25) is 53.2 Å². The number of aryl methyl sites for hydroxylation is 6. The lowest BCUT2D eigenvalue weighted by Gasteiger charge is -2.56. The zero-order chi connectivity index (χ0) is 101. The van der Waals surface area contributed by atoms with Crippen molar-refractivity contribution in [2.24, 2.45) is 85.2 Å². The minimum atomic E-state index is -0.992. The van der Waals surface area contributed by atoms with E-state index in [-0.39, 0.29) is 128 Å². The van der Waals surface area contributed by atoms with Gasteiger partial charge >= 0.3 is 5.97 Å². The van der Waals surface area contributed by atoms with Gasteiger partial charge in [-0.25, -0.2) is 4.98 Å². The highest BCUT2D eigenvalue weighted by molar-refractivity contribution is 6.04. The topological polar surface area (TPSA) is 448 Å². The van der Waals surface area contributed by atoms with Gasteiger partial charge in [0.1, 0.15) is 0 Å². The van der Waals surface area contributed by atoms with E-state index >= 15 is 0 Å². The Morgan fingerprint density at radius 3 is 0.830 bits per heavy atom. The number of imide groups is 3. The molecule has 0 aliphatic heterocycles. The molecule has 0 spiro atoms. The molecule has 9 amide bonds. The lowest BCUT2D eigenvalue weighted by Crippen LogP contribution is -2.60. The van der Waals surface area contributed by atoms with Crippen LogP contribution in [-0.4, -0.2) is 92.3 Å². The summed E-state index contributed by atoms with van der Waals surface area (Å²) >= 11 is 0. The van der Waals surface area contributed by atoms with Crippen molar-refractivity contribution in [2.75, 3.05) is 33.2 Å². The Morgan fingerprint density at radius 1 is 0.348 bits per heavy atom. The van der Waals surface area contributed by atoms with Gasteiger partial charge in [0, 0.05) is 58.9 Å². The molecule has 25 heteroatoms. The molecule has 19 rings (SSSR count). The summed E-state index contributed by atoms with van der Waals surface area (Å²) < 4.78 is 0. The Morgan fingerprint density at radius 2 is 0.589 bits per heavy atom. The number of hydrogen-bond donors (Lipinski definition) is 14. The van der Waals surface area contributed by atoms with E-state index in [0.717, 1.165) is 220 Å². The first kappa shape index (κ1) is 102. The van der Waals surface area contributed by atoms with Crippen molar-refractivity contribution in [3.8, 4) is 0 Å². The number of carbonyl (C=O) groups excluding carboxylic acids is 9. The number of fused-ring (bicyclic) bond motifs is 18. The monoisotopic (exact) mass is 1920 g/mol. The van der Waals surface area contributed by atoms with Crippen LogP contribution in [0.25, 0.3) is 0 Å². The van der Waals surface area contributed by atoms with E-state index in [1.807, 2.05) is 55.5 Å². The van der Waals surface area contributed by atoms with Crippen LogP contribution < -0.4 is 66.3 Å². The average molecular weight is 1920 g/mol. The number of benzene rings is 6. The second-order valence-electron chi connectivity index (χ2n) is 48.1. The van der Waals surface area contributed by atoms with Crippen LogP contribution in [0.2, 0.25) is 0 Å². The largest absolute Gasteiger partial charge is 0.481 e. The van der Waals surface area contributed by atoms with Crippen LogP contribution in [0, 0.1) is 68.0 Å². The normalized spacial score (nSPS) is 33.3. The number of nitrogens with two attached hydrogens (primary N) is 6. The Balaban J connectivity index is 0.000000146. The number of nitrogen functional groups attached to an aromatic ring is 3. The first-order valence-corrected chi connectivity index (χ1v) is 52.6. The quantitative estimate of drug-likeness (QED) is 0.0297. The van der Waals surface area contributed by atoms with Gasteiger partial charge in [0.15, 0.2) is 0 Å².